The Balaban J connectivity index is 1.92. The van der Waals surface area contributed by atoms with Crippen LogP contribution in [0.5, 0.6) is 5.75 Å². The molecule has 12 heteroatoms. The second kappa shape index (κ2) is 10.6. The minimum atomic E-state index is -4.17. The van der Waals surface area contributed by atoms with Crippen LogP contribution in [0.15, 0.2) is 53.4 Å². The number of hydrogen-bond donors (Lipinski definition) is 2. The van der Waals surface area contributed by atoms with E-state index in [0.29, 0.717) is 12.4 Å². The van der Waals surface area contributed by atoms with Crippen LogP contribution in [-0.4, -0.2) is 20.9 Å². The SMILES string of the molecule is CCOc1ccc(NS(=O)(=O)c2cc(C(=O)Nc3c(Cl)cc(Cl)cc3Cl)c(Cl)cc2Cl)cc1. The van der Waals surface area contributed by atoms with Crippen LogP contribution in [0.3, 0.4) is 0 Å². The van der Waals surface area contributed by atoms with Crippen LogP contribution < -0.4 is 14.8 Å². The second-order valence-electron chi connectivity index (χ2n) is 6.52. The van der Waals surface area contributed by atoms with Gasteiger partial charge in [-0.25, -0.2) is 8.42 Å². The number of halogens is 5. The van der Waals surface area contributed by atoms with E-state index in [2.05, 4.69) is 10.0 Å². The van der Waals surface area contributed by atoms with Crippen LogP contribution in [0.25, 0.3) is 0 Å². The highest BCUT2D eigenvalue weighted by Gasteiger charge is 2.24. The lowest BCUT2D eigenvalue weighted by Gasteiger charge is -2.14. The van der Waals surface area contributed by atoms with Gasteiger partial charge in [-0.1, -0.05) is 58.0 Å². The van der Waals surface area contributed by atoms with E-state index in [9.17, 15) is 13.2 Å². The number of ether oxygens (including phenoxy) is 1. The maximum absolute atomic E-state index is 13.0. The van der Waals surface area contributed by atoms with E-state index in [1.807, 2.05) is 6.92 Å². The van der Waals surface area contributed by atoms with Crippen molar-refractivity contribution in [3.05, 3.63) is 79.2 Å². The summed E-state index contributed by atoms with van der Waals surface area (Å²) in [4.78, 5) is 12.5. The van der Waals surface area contributed by atoms with Crippen LogP contribution in [0, 0.1) is 0 Å². The van der Waals surface area contributed by atoms with E-state index in [1.165, 1.54) is 24.3 Å². The van der Waals surface area contributed by atoms with Crippen LogP contribution in [-0.2, 0) is 10.0 Å². The number of nitrogens with one attached hydrogen (secondary N) is 2. The normalized spacial score (nSPS) is 11.2. The van der Waals surface area contributed by atoms with Gasteiger partial charge in [-0.15, -0.1) is 0 Å². The summed E-state index contributed by atoms with van der Waals surface area (Å²) in [6.07, 6.45) is 0. The number of benzene rings is 3. The molecular weight excluding hydrogens is 554 g/mol. The molecule has 3 aromatic rings. The van der Waals surface area contributed by atoms with E-state index < -0.39 is 15.9 Å². The van der Waals surface area contributed by atoms with Crippen molar-refractivity contribution in [2.75, 3.05) is 16.6 Å². The molecule has 0 aliphatic carbocycles. The molecule has 33 heavy (non-hydrogen) atoms. The highest BCUT2D eigenvalue weighted by molar-refractivity contribution is 7.92. The first-order chi connectivity index (χ1) is 15.5. The molecule has 0 fully saturated rings. The van der Waals surface area contributed by atoms with Gasteiger partial charge in [0.1, 0.15) is 10.6 Å². The summed E-state index contributed by atoms with van der Waals surface area (Å²) in [5.74, 6) is -0.163. The minimum Gasteiger partial charge on any atom is -0.494 e. The molecular formula is C21H15Cl5N2O4S. The molecule has 0 saturated carbocycles. The molecule has 0 spiro atoms. The zero-order valence-electron chi connectivity index (χ0n) is 16.8. The summed E-state index contributed by atoms with van der Waals surface area (Å²) in [6, 6.07) is 11.3. The minimum absolute atomic E-state index is 0.0706. The number of carbonyl (C=O) groups is 1. The van der Waals surface area contributed by atoms with E-state index in [1.54, 1.807) is 12.1 Å². The number of carbonyl (C=O) groups excluding carboxylic acids is 1. The van der Waals surface area contributed by atoms with Crippen LogP contribution in [0.1, 0.15) is 17.3 Å². The average Bonchev–Trinajstić information content (AvgIpc) is 2.71. The quantitative estimate of drug-likeness (QED) is 0.311. The zero-order valence-corrected chi connectivity index (χ0v) is 21.4. The molecule has 6 nitrogen and oxygen atoms in total. The summed E-state index contributed by atoms with van der Waals surface area (Å²) in [5, 5.41) is 2.74. The summed E-state index contributed by atoms with van der Waals surface area (Å²) in [5.41, 5.74) is 0.209. The van der Waals surface area contributed by atoms with Crippen LogP contribution in [0.2, 0.25) is 25.1 Å². The Hall–Kier alpha value is -1.87. The largest absolute Gasteiger partial charge is 0.494 e. The fraction of sp³-hybridized carbons (Fsp3) is 0.0952. The van der Waals surface area contributed by atoms with Gasteiger partial charge in [0.15, 0.2) is 0 Å². The van der Waals surface area contributed by atoms with Gasteiger partial charge in [0, 0.05) is 10.7 Å². The topological polar surface area (TPSA) is 84.5 Å². The van der Waals surface area contributed by atoms with E-state index in [0.717, 1.165) is 12.1 Å². The second-order valence-corrected chi connectivity index (χ2v) is 10.2. The Morgan fingerprint density at radius 2 is 1.48 bits per heavy atom. The molecule has 0 radical (unpaired) electrons. The van der Waals surface area contributed by atoms with E-state index in [-0.39, 0.29) is 46.9 Å². The zero-order chi connectivity index (χ0) is 24.3. The number of hydrogen-bond acceptors (Lipinski definition) is 4. The van der Waals surface area contributed by atoms with Gasteiger partial charge in [-0.2, -0.15) is 0 Å². The van der Waals surface area contributed by atoms with Gasteiger partial charge < -0.3 is 10.1 Å². The molecule has 0 unspecified atom stereocenters. The fourth-order valence-corrected chi connectivity index (χ4v) is 5.58. The van der Waals surface area contributed by atoms with Crippen LogP contribution >= 0.6 is 58.0 Å². The molecule has 0 heterocycles. The molecule has 3 aromatic carbocycles. The first kappa shape index (κ1) is 25.7. The smallest absolute Gasteiger partial charge is 0.263 e. The molecule has 2 N–H and O–H groups in total. The van der Waals surface area contributed by atoms with Crippen molar-refractivity contribution in [2.24, 2.45) is 0 Å². The van der Waals surface area contributed by atoms with Crippen molar-refractivity contribution in [3.8, 4) is 5.75 Å². The summed E-state index contributed by atoms with van der Waals surface area (Å²) in [7, 11) is -4.17. The number of rotatable bonds is 7. The molecule has 174 valence electrons. The molecule has 0 bridgehead atoms. The molecule has 0 aromatic heterocycles. The lowest BCUT2D eigenvalue weighted by molar-refractivity contribution is 0.102. The molecule has 0 aliphatic heterocycles. The van der Waals surface area contributed by atoms with E-state index >= 15 is 0 Å². The molecule has 0 saturated heterocycles. The molecule has 3 rings (SSSR count). The summed E-state index contributed by atoms with van der Waals surface area (Å²) in [6.45, 7) is 2.31. The predicted molar refractivity (Wildman–Crippen MR) is 134 cm³/mol. The van der Waals surface area contributed by atoms with Crippen molar-refractivity contribution < 1.29 is 17.9 Å². The monoisotopic (exact) mass is 566 g/mol. The standard InChI is InChI=1S/C21H15Cl5N2O4S/c1-2-32-13-5-3-12(4-6-13)28-33(30,31)19-9-14(15(23)10-16(19)24)21(29)27-20-17(25)7-11(22)8-18(20)26/h3-10,28H,2H2,1H3,(H,27,29). The lowest BCUT2D eigenvalue weighted by atomic mass is 10.2. The molecule has 0 aliphatic rings. The van der Waals surface area contributed by atoms with Gasteiger partial charge in [0.25, 0.3) is 15.9 Å². The lowest BCUT2D eigenvalue weighted by Crippen LogP contribution is -2.17. The Kier molecular flexibility index (Phi) is 8.26. The Morgan fingerprint density at radius 3 is 2.06 bits per heavy atom. The Morgan fingerprint density at radius 1 is 0.879 bits per heavy atom. The fourth-order valence-electron chi connectivity index (χ4n) is 2.75. The van der Waals surface area contributed by atoms with Crippen LogP contribution in [0.4, 0.5) is 11.4 Å². The van der Waals surface area contributed by atoms with Gasteiger partial charge in [0.05, 0.1) is 37.9 Å². The van der Waals surface area contributed by atoms with Crippen molar-refractivity contribution in [1.82, 2.24) is 0 Å². The third-order valence-corrected chi connectivity index (χ3v) is 7.19. The van der Waals surface area contributed by atoms with Gasteiger partial charge in [0.2, 0.25) is 0 Å². The van der Waals surface area contributed by atoms with Crippen molar-refractivity contribution in [2.45, 2.75) is 11.8 Å². The first-order valence-corrected chi connectivity index (χ1v) is 12.6. The highest BCUT2D eigenvalue weighted by Crippen LogP contribution is 2.35. The Labute approximate surface area is 215 Å². The number of amides is 1. The maximum Gasteiger partial charge on any atom is 0.263 e. The predicted octanol–water partition coefficient (Wildman–Crippen LogP) is 7.41. The number of sulfonamides is 1. The molecule has 0 atom stereocenters. The number of anilines is 2. The first-order valence-electron chi connectivity index (χ1n) is 9.22. The van der Waals surface area contributed by atoms with E-state index in [4.69, 9.17) is 62.7 Å². The van der Waals surface area contributed by atoms with Gasteiger partial charge in [-0.05, 0) is 55.5 Å². The Bertz CT molecular complexity index is 1290. The van der Waals surface area contributed by atoms with Crippen molar-refractivity contribution >= 4 is 85.3 Å². The maximum atomic E-state index is 13.0. The highest BCUT2D eigenvalue weighted by atomic mass is 35.5. The van der Waals surface area contributed by atoms with Crippen molar-refractivity contribution in [3.63, 3.8) is 0 Å². The third kappa shape index (κ3) is 6.18. The van der Waals surface area contributed by atoms with Gasteiger partial charge >= 0.3 is 0 Å². The van der Waals surface area contributed by atoms with Gasteiger partial charge in [-0.3, -0.25) is 9.52 Å². The average molecular weight is 569 g/mol. The molecule has 1 amide bonds. The summed E-state index contributed by atoms with van der Waals surface area (Å²) < 4.78 is 33.7. The van der Waals surface area contributed by atoms with Crippen molar-refractivity contribution in [1.29, 1.82) is 0 Å². The third-order valence-electron chi connectivity index (χ3n) is 4.22. The summed E-state index contributed by atoms with van der Waals surface area (Å²) >= 11 is 30.4.